The third kappa shape index (κ3) is 5.22. The van der Waals surface area contributed by atoms with Gasteiger partial charge in [0.2, 0.25) is 15.9 Å². The number of nitrogens with one attached hydrogen (secondary N) is 1. The fourth-order valence-electron chi connectivity index (χ4n) is 3.33. The lowest BCUT2D eigenvalue weighted by Gasteiger charge is -2.25. The quantitative estimate of drug-likeness (QED) is 0.623. The number of sulfonamides is 1. The summed E-state index contributed by atoms with van der Waals surface area (Å²) in [6, 6.07) is 8.90. The maximum absolute atomic E-state index is 13.0. The van der Waals surface area contributed by atoms with Gasteiger partial charge >= 0.3 is 6.18 Å². The van der Waals surface area contributed by atoms with Gasteiger partial charge < -0.3 is 4.90 Å². The molecule has 2 aromatic rings. The van der Waals surface area contributed by atoms with E-state index < -0.39 is 47.8 Å². The molecule has 1 amide bonds. The molecule has 180 valence electrons. The number of benzene rings is 2. The summed E-state index contributed by atoms with van der Waals surface area (Å²) in [5.41, 5.74) is -0.555. The van der Waals surface area contributed by atoms with E-state index in [1.807, 2.05) is 0 Å². The van der Waals surface area contributed by atoms with Crippen LogP contribution in [0.4, 0.5) is 18.9 Å². The third-order valence-corrected chi connectivity index (χ3v) is 9.31. The molecule has 7 nitrogen and oxygen atoms in total. The highest BCUT2D eigenvalue weighted by Crippen LogP contribution is 2.33. The monoisotopic (exact) mass is 504 g/mol. The lowest BCUT2D eigenvalue weighted by Crippen LogP contribution is -2.44. The van der Waals surface area contributed by atoms with Crippen LogP contribution in [-0.4, -0.2) is 40.6 Å². The number of rotatable bonds is 7. The molecule has 0 radical (unpaired) electrons. The van der Waals surface area contributed by atoms with Gasteiger partial charge in [-0.15, -0.1) is 0 Å². The highest BCUT2D eigenvalue weighted by molar-refractivity contribution is 7.93. The zero-order valence-electron chi connectivity index (χ0n) is 17.9. The molecule has 0 atom stereocenters. The van der Waals surface area contributed by atoms with E-state index in [2.05, 4.69) is 4.72 Å². The predicted molar refractivity (Wildman–Crippen MR) is 116 cm³/mol. The third-order valence-electron chi connectivity index (χ3n) is 5.42. The number of hydrogen-bond donors (Lipinski definition) is 1. The second-order valence-corrected chi connectivity index (χ2v) is 12.6. The molecule has 2 aromatic carbocycles. The summed E-state index contributed by atoms with van der Waals surface area (Å²) < 4.78 is 90.8. The number of hydrogen-bond acceptors (Lipinski definition) is 5. The first-order chi connectivity index (χ1) is 15.1. The van der Waals surface area contributed by atoms with E-state index >= 15 is 0 Å². The summed E-state index contributed by atoms with van der Waals surface area (Å²) in [6.45, 7) is 2.44. The molecule has 33 heavy (non-hydrogen) atoms. The van der Waals surface area contributed by atoms with Crippen LogP contribution in [0.15, 0.2) is 58.3 Å². The number of halogens is 3. The lowest BCUT2D eigenvalue weighted by atomic mass is 10.2. The topological polar surface area (TPSA) is 101 Å². The molecule has 0 aliphatic carbocycles. The molecule has 1 aliphatic rings. The van der Waals surface area contributed by atoms with Crippen molar-refractivity contribution in [1.29, 1.82) is 0 Å². The van der Waals surface area contributed by atoms with Crippen molar-refractivity contribution in [3.63, 3.8) is 0 Å². The molecule has 0 spiro atoms. The van der Waals surface area contributed by atoms with Crippen molar-refractivity contribution >= 4 is 31.5 Å². The second-order valence-electron chi connectivity index (χ2n) is 8.26. The van der Waals surface area contributed by atoms with Gasteiger partial charge in [0, 0.05) is 25.2 Å². The van der Waals surface area contributed by atoms with E-state index in [9.17, 15) is 34.8 Å². The fourth-order valence-corrected chi connectivity index (χ4v) is 6.08. The van der Waals surface area contributed by atoms with Crippen molar-refractivity contribution in [2.24, 2.45) is 0 Å². The maximum Gasteiger partial charge on any atom is 0.416 e. The maximum atomic E-state index is 13.0. The Morgan fingerprint density at radius 2 is 1.61 bits per heavy atom. The van der Waals surface area contributed by atoms with E-state index in [0.717, 1.165) is 24.6 Å². The van der Waals surface area contributed by atoms with Gasteiger partial charge in [0.15, 0.2) is 9.84 Å². The van der Waals surface area contributed by atoms with Crippen LogP contribution in [0.1, 0.15) is 32.3 Å². The summed E-state index contributed by atoms with van der Waals surface area (Å²) in [5.74, 6) is -0.0507. The zero-order valence-corrected chi connectivity index (χ0v) is 19.5. The van der Waals surface area contributed by atoms with Gasteiger partial charge in [-0.2, -0.15) is 13.2 Å². The van der Waals surface area contributed by atoms with E-state index in [4.69, 9.17) is 0 Å². The van der Waals surface area contributed by atoms with Crippen LogP contribution in [0.5, 0.6) is 0 Å². The van der Waals surface area contributed by atoms with E-state index in [0.29, 0.717) is 24.7 Å². The molecular formula is C21H23F3N2O5S2. The normalized spacial score (nSPS) is 15.8. The van der Waals surface area contributed by atoms with Crippen molar-refractivity contribution in [3.8, 4) is 0 Å². The Kier molecular flexibility index (Phi) is 6.66. The Bertz CT molecular complexity index is 1260. The van der Waals surface area contributed by atoms with Crippen molar-refractivity contribution in [2.75, 3.05) is 18.0 Å². The standard InChI is InChI=1S/C21H23F3N2O5S2/c1-20(2,32(28,29)18-6-3-5-15(13-18)21(22,23)24)14-25-33(30,31)17-10-8-16(9-11-17)26-12-4-7-19(26)27/h3,5-6,8-11,13,25H,4,7,12,14H2,1-2H3. The lowest BCUT2D eigenvalue weighted by molar-refractivity contribution is -0.137. The molecule has 0 unspecified atom stereocenters. The number of nitrogens with zero attached hydrogens (tertiary/aromatic N) is 1. The average Bonchev–Trinajstić information content (AvgIpc) is 3.18. The SMILES string of the molecule is CC(C)(CNS(=O)(=O)c1ccc(N2CCCC2=O)cc1)S(=O)(=O)c1cccc(C(F)(F)F)c1. The van der Waals surface area contributed by atoms with Crippen LogP contribution in [0.25, 0.3) is 0 Å². The first-order valence-electron chi connectivity index (χ1n) is 9.97. The molecule has 0 saturated carbocycles. The van der Waals surface area contributed by atoms with Crippen LogP contribution < -0.4 is 9.62 Å². The molecule has 1 fully saturated rings. The number of amides is 1. The molecule has 1 saturated heterocycles. The van der Waals surface area contributed by atoms with E-state index in [1.165, 1.54) is 38.1 Å². The molecule has 12 heteroatoms. The summed E-state index contributed by atoms with van der Waals surface area (Å²) in [4.78, 5) is 12.7. The Morgan fingerprint density at radius 1 is 0.970 bits per heavy atom. The number of carbonyl (C=O) groups excluding carboxylic acids is 1. The van der Waals surface area contributed by atoms with Gasteiger partial charge in [-0.1, -0.05) is 6.07 Å². The molecular weight excluding hydrogens is 481 g/mol. The Morgan fingerprint density at radius 3 is 2.15 bits per heavy atom. The minimum atomic E-state index is -4.72. The number of anilines is 1. The van der Waals surface area contributed by atoms with Crippen LogP contribution in [0, 0.1) is 0 Å². The van der Waals surface area contributed by atoms with Crippen molar-refractivity contribution in [2.45, 2.75) is 47.4 Å². The van der Waals surface area contributed by atoms with Crippen molar-refractivity contribution < 1.29 is 34.8 Å². The van der Waals surface area contributed by atoms with Gasteiger partial charge in [-0.3, -0.25) is 4.79 Å². The van der Waals surface area contributed by atoms with Gasteiger partial charge in [0.05, 0.1) is 20.1 Å². The molecule has 0 bridgehead atoms. The number of alkyl halides is 3. The molecule has 1 aliphatic heterocycles. The Balaban J connectivity index is 1.78. The summed E-state index contributed by atoms with van der Waals surface area (Å²) in [7, 11) is -8.44. The van der Waals surface area contributed by atoms with Gasteiger partial charge in [-0.25, -0.2) is 21.6 Å². The first-order valence-corrected chi connectivity index (χ1v) is 12.9. The molecule has 1 N–H and O–H groups in total. The fraction of sp³-hybridized carbons (Fsp3) is 0.381. The smallest absolute Gasteiger partial charge is 0.312 e. The van der Waals surface area contributed by atoms with Crippen molar-refractivity contribution in [3.05, 3.63) is 54.1 Å². The van der Waals surface area contributed by atoms with Crippen molar-refractivity contribution in [1.82, 2.24) is 4.72 Å². The molecule has 0 aromatic heterocycles. The summed E-state index contributed by atoms with van der Waals surface area (Å²) in [5, 5.41) is 0. The Hall–Kier alpha value is -2.44. The number of carbonyl (C=O) groups is 1. The van der Waals surface area contributed by atoms with Crippen LogP contribution in [0.2, 0.25) is 0 Å². The van der Waals surface area contributed by atoms with Gasteiger partial charge in [0.25, 0.3) is 0 Å². The van der Waals surface area contributed by atoms with Crippen LogP contribution in [-0.2, 0) is 30.8 Å². The van der Waals surface area contributed by atoms with Crippen LogP contribution in [0.3, 0.4) is 0 Å². The van der Waals surface area contributed by atoms with Gasteiger partial charge in [0.1, 0.15) is 0 Å². The summed E-state index contributed by atoms with van der Waals surface area (Å²) >= 11 is 0. The van der Waals surface area contributed by atoms with Gasteiger partial charge in [-0.05, 0) is 62.7 Å². The molecule has 1 heterocycles. The molecule has 3 rings (SSSR count). The Labute approximate surface area is 190 Å². The highest BCUT2D eigenvalue weighted by Gasteiger charge is 2.39. The van der Waals surface area contributed by atoms with E-state index in [-0.39, 0.29) is 10.8 Å². The second kappa shape index (κ2) is 8.73. The largest absolute Gasteiger partial charge is 0.416 e. The predicted octanol–water partition coefficient (Wildman–Crippen LogP) is 3.36. The first kappa shape index (κ1) is 25.2. The minimum absolute atomic E-state index is 0.0507. The van der Waals surface area contributed by atoms with Crippen LogP contribution >= 0.6 is 0 Å². The zero-order chi connectivity index (χ0) is 24.7. The summed E-state index contributed by atoms with van der Waals surface area (Å²) in [6.07, 6.45) is -3.57. The average molecular weight is 505 g/mol. The minimum Gasteiger partial charge on any atom is -0.312 e. The highest BCUT2D eigenvalue weighted by atomic mass is 32.2. The van der Waals surface area contributed by atoms with E-state index in [1.54, 1.807) is 4.90 Å². The number of sulfone groups is 1.